The van der Waals surface area contributed by atoms with Gasteiger partial charge in [-0.1, -0.05) is 233 Å². The van der Waals surface area contributed by atoms with E-state index in [1.54, 1.807) is 6.08 Å². The Bertz CT molecular complexity index is 2230. The van der Waals surface area contributed by atoms with Crippen LogP contribution in [0.3, 0.4) is 0 Å². The normalized spacial score (nSPS) is 14.8. The van der Waals surface area contributed by atoms with E-state index < -0.39 is 97.5 Å². The third-order valence-corrected chi connectivity index (χ3v) is 15.8. The molecule has 19 heteroatoms. The maximum atomic E-state index is 13.0. The number of phosphoric ester groups is 2. The van der Waals surface area contributed by atoms with Crippen molar-refractivity contribution < 1.29 is 80.2 Å². The van der Waals surface area contributed by atoms with Crippen LogP contribution >= 0.6 is 15.6 Å². The Morgan fingerprint density at radius 3 is 1.02 bits per heavy atom. The van der Waals surface area contributed by atoms with E-state index in [1.165, 1.54) is 12.8 Å². The molecule has 526 valence electrons. The average Bonchev–Trinajstić information content (AvgIpc) is 2.73. The van der Waals surface area contributed by atoms with Gasteiger partial charge in [-0.05, 0) is 122 Å². The van der Waals surface area contributed by atoms with Crippen molar-refractivity contribution >= 4 is 39.5 Å². The Hall–Kier alpha value is -4.54. The van der Waals surface area contributed by atoms with E-state index in [0.717, 1.165) is 167 Å². The number of phosphoric acid groups is 2. The van der Waals surface area contributed by atoms with Gasteiger partial charge in [-0.2, -0.15) is 0 Å². The predicted octanol–water partition coefficient (Wildman–Crippen LogP) is 19.2. The molecule has 0 aliphatic heterocycles. The predicted molar refractivity (Wildman–Crippen MR) is 371 cm³/mol. The van der Waals surface area contributed by atoms with Crippen molar-refractivity contribution in [3.63, 3.8) is 0 Å². The molecule has 0 heterocycles. The van der Waals surface area contributed by atoms with Gasteiger partial charge in [0, 0.05) is 19.3 Å². The molecule has 5 unspecified atom stereocenters. The minimum absolute atomic E-state index is 0.0564. The average molecular weight is 1330 g/mol. The molecular formula is C73H122O17P2. The van der Waals surface area contributed by atoms with Crippen molar-refractivity contribution in [3.8, 4) is 0 Å². The Morgan fingerprint density at radius 1 is 0.326 bits per heavy atom. The Balaban J connectivity index is 5.42. The van der Waals surface area contributed by atoms with Crippen molar-refractivity contribution in [2.75, 3.05) is 39.6 Å². The summed E-state index contributed by atoms with van der Waals surface area (Å²) < 4.78 is 68.0. The summed E-state index contributed by atoms with van der Waals surface area (Å²) in [6, 6.07) is 0. The van der Waals surface area contributed by atoms with Crippen molar-refractivity contribution in [2.24, 2.45) is 0 Å². The van der Waals surface area contributed by atoms with Crippen LogP contribution in [-0.2, 0) is 65.4 Å². The van der Waals surface area contributed by atoms with Gasteiger partial charge in [0.2, 0.25) is 0 Å². The number of aliphatic hydroxyl groups excluding tert-OH is 1. The molecule has 17 nitrogen and oxygen atoms in total. The summed E-state index contributed by atoms with van der Waals surface area (Å²) in [4.78, 5) is 72.4. The molecule has 5 atom stereocenters. The van der Waals surface area contributed by atoms with Gasteiger partial charge in [0.25, 0.3) is 0 Å². The highest BCUT2D eigenvalue weighted by Crippen LogP contribution is 2.45. The van der Waals surface area contributed by atoms with Crippen LogP contribution in [0, 0.1) is 0 Å². The number of hydrogen-bond acceptors (Lipinski definition) is 15. The maximum Gasteiger partial charge on any atom is 0.472 e. The molecule has 3 N–H and O–H groups in total. The maximum absolute atomic E-state index is 13.0. The van der Waals surface area contributed by atoms with Crippen LogP contribution in [0.5, 0.6) is 0 Å². The molecule has 0 rings (SSSR count). The first kappa shape index (κ1) is 87.5. The number of aliphatic hydroxyl groups is 1. The fourth-order valence-corrected chi connectivity index (χ4v) is 10.2. The molecule has 0 radical (unpaired) electrons. The van der Waals surface area contributed by atoms with Crippen molar-refractivity contribution in [3.05, 3.63) is 122 Å². The summed E-state index contributed by atoms with van der Waals surface area (Å²) in [6.45, 7) is 4.39. The molecule has 0 saturated carbocycles. The van der Waals surface area contributed by atoms with E-state index in [-0.39, 0.29) is 25.7 Å². The van der Waals surface area contributed by atoms with Gasteiger partial charge in [0.1, 0.15) is 19.3 Å². The molecular weight excluding hydrogens is 1210 g/mol. The second kappa shape index (κ2) is 65.1. The summed E-state index contributed by atoms with van der Waals surface area (Å²) >= 11 is 0. The topological polar surface area (TPSA) is 237 Å². The van der Waals surface area contributed by atoms with Gasteiger partial charge >= 0.3 is 39.5 Å². The van der Waals surface area contributed by atoms with Crippen molar-refractivity contribution in [2.45, 2.75) is 277 Å². The number of esters is 4. The van der Waals surface area contributed by atoms with Gasteiger partial charge in [0.15, 0.2) is 12.2 Å². The van der Waals surface area contributed by atoms with Crippen LogP contribution in [0.25, 0.3) is 0 Å². The minimum Gasteiger partial charge on any atom is -0.462 e. The van der Waals surface area contributed by atoms with E-state index in [0.29, 0.717) is 25.7 Å². The number of ether oxygens (including phenoxy) is 4. The van der Waals surface area contributed by atoms with Crippen molar-refractivity contribution in [1.29, 1.82) is 0 Å². The molecule has 0 aliphatic rings. The van der Waals surface area contributed by atoms with Gasteiger partial charge in [0.05, 0.1) is 32.8 Å². The molecule has 0 fully saturated rings. The molecule has 0 aromatic rings. The van der Waals surface area contributed by atoms with Crippen LogP contribution in [0.2, 0.25) is 0 Å². The highest BCUT2D eigenvalue weighted by molar-refractivity contribution is 7.47. The van der Waals surface area contributed by atoms with Crippen molar-refractivity contribution in [1.82, 2.24) is 0 Å². The SMILES string of the molecule is CC/C=C\C/C=C\C/C=C\C/C=C\C/C=C\CC(=O)OCC(COP(=O)(O)OCC(O)COP(=O)(O)OCC(COC(=O)CCCCCCC/C=C\C/C=C\CCC)OC(=O)CCCCCCC/C=C\CCCC)OC(=O)CCCCCCC/C=C\C/C=C\CCC. The zero-order valence-electron chi connectivity index (χ0n) is 56.9. The Labute approximate surface area is 555 Å². The first-order valence-electron chi connectivity index (χ1n) is 34.8. The minimum atomic E-state index is -4.99. The first-order valence-corrected chi connectivity index (χ1v) is 37.8. The quantitative estimate of drug-likeness (QED) is 0.0169. The third kappa shape index (κ3) is 64.2. The van der Waals surface area contributed by atoms with Crippen LogP contribution in [0.4, 0.5) is 0 Å². The number of allylic oxidation sites excluding steroid dienone is 19. The molecule has 0 bridgehead atoms. The second-order valence-electron chi connectivity index (χ2n) is 22.7. The lowest BCUT2D eigenvalue weighted by atomic mass is 10.1. The molecule has 0 aliphatic carbocycles. The highest BCUT2D eigenvalue weighted by atomic mass is 31.2. The van der Waals surface area contributed by atoms with Gasteiger partial charge < -0.3 is 33.8 Å². The largest absolute Gasteiger partial charge is 0.472 e. The number of carbonyl (C=O) groups excluding carboxylic acids is 4. The smallest absolute Gasteiger partial charge is 0.462 e. The van der Waals surface area contributed by atoms with E-state index in [4.69, 9.17) is 37.0 Å². The van der Waals surface area contributed by atoms with Crippen LogP contribution in [-0.4, -0.2) is 96.7 Å². The molecule has 0 saturated heterocycles. The lowest BCUT2D eigenvalue weighted by Gasteiger charge is -2.21. The van der Waals surface area contributed by atoms with Crippen LogP contribution in [0.1, 0.15) is 259 Å². The first-order chi connectivity index (χ1) is 44.7. The standard InChI is InChI=1S/C73H122O17P2/c1-5-9-13-17-21-25-29-32-33-36-39-42-46-50-54-58-71(76)84-64-69(90-73(78)60-56-52-48-44-40-35-31-27-23-19-15-11-7-3)66-88-92(81,82)86-62-67(74)61-85-91(79,80)87-65-68(89-72(77)59-55-51-47-43-37-28-24-20-16-12-8-4)63-83-70(75)57-53-49-45-41-38-34-30-26-22-18-14-10-6-2/h9,13-15,18-21,24-27,30-33,39,42,50,54,67-69,74H,5-8,10-12,16-17,22-23,28-29,34-38,40-41,43-49,51-53,55-66H2,1-4H3,(H,79,80)(H,81,82)/b13-9-,18-14-,19-15-,24-20-,25-21-,30-26-,31-27-,33-32-,42-39-,54-50-. The summed E-state index contributed by atoms with van der Waals surface area (Å²) in [5.41, 5.74) is 0. The van der Waals surface area contributed by atoms with Crippen LogP contribution in [0.15, 0.2) is 122 Å². The Morgan fingerprint density at radius 2 is 0.630 bits per heavy atom. The Kier molecular flexibility index (Phi) is 61.9. The summed E-state index contributed by atoms with van der Waals surface area (Å²) in [6.07, 6.45) is 68.2. The number of rotatable bonds is 64. The molecule has 0 aromatic heterocycles. The molecule has 92 heavy (non-hydrogen) atoms. The fourth-order valence-electron chi connectivity index (χ4n) is 8.58. The molecule has 0 amide bonds. The van der Waals surface area contributed by atoms with Gasteiger partial charge in [-0.15, -0.1) is 0 Å². The lowest BCUT2D eigenvalue weighted by molar-refractivity contribution is -0.161. The van der Waals surface area contributed by atoms with Gasteiger partial charge in [-0.3, -0.25) is 37.3 Å². The number of hydrogen-bond donors (Lipinski definition) is 3. The lowest BCUT2D eigenvalue weighted by Crippen LogP contribution is -2.30. The zero-order chi connectivity index (χ0) is 67.5. The van der Waals surface area contributed by atoms with E-state index in [9.17, 15) is 43.2 Å². The van der Waals surface area contributed by atoms with Gasteiger partial charge in [-0.25, -0.2) is 9.13 Å². The number of unbranched alkanes of at least 4 members (excludes halogenated alkanes) is 19. The monoisotopic (exact) mass is 1330 g/mol. The highest BCUT2D eigenvalue weighted by Gasteiger charge is 2.30. The van der Waals surface area contributed by atoms with Crippen LogP contribution < -0.4 is 0 Å². The fraction of sp³-hybridized carbons (Fsp3) is 0.671. The summed E-state index contributed by atoms with van der Waals surface area (Å²) in [7, 11) is -9.97. The second-order valence-corrected chi connectivity index (χ2v) is 25.7. The van der Waals surface area contributed by atoms with E-state index in [1.807, 2.05) is 18.2 Å². The third-order valence-electron chi connectivity index (χ3n) is 13.9. The van der Waals surface area contributed by atoms with E-state index >= 15 is 0 Å². The zero-order valence-corrected chi connectivity index (χ0v) is 58.7. The summed E-state index contributed by atoms with van der Waals surface area (Å²) in [5, 5.41) is 10.6. The number of carbonyl (C=O) groups is 4. The molecule has 0 spiro atoms. The molecule has 0 aromatic carbocycles. The van der Waals surface area contributed by atoms with E-state index in [2.05, 4.69) is 125 Å². The summed E-state index contributed by atoms with van der Waals surface area (Å²) in [5.74, 6) is -2.37.